The van der Waals surface area contributed by atoms with Gasteiger partial charge in [-0.2, -0.15) is 0 Å². The van der Waals surface area contributed by atoms with Crippen LogP contribution in [0.4, 0.5) is 5.82 Å². The van der Waals surface area contributed by atoms with Crippen molar-refractivity contribution in [3.05, 3.63) is 66.3 Å². The number of allylic oxidation sites excluding steroid dienone is 1. The fourth-order valence-corrected chi connectivity index (χ4v) is 4.40. The molecule has 0 aromatic carbocycles. The maximum atomic E-state index is 13.1. The first-order chi connectivity index (χ1) is 16.2. The third kappa shape index (κ3) is 4.43. The highest BCUT2D eigenvalue weighted by atomic mass is 16.2. The minimum absolute atomic E-state index is 0.0767. The van der Waals surface area contributed by atoms with Gasteiger partial charge in [-0.3, -0.25) is 15.1 Å². The van der Waals surface area contributed by atoms with E-state index < -0.39 is 6.04 Å². The molecule has 2 saturated carbocycles. The molecule has 8 heteroatoms. The van der Waals surface area contributed by atoms with E-state index in [0.29, 0.717) is 23.5 Å². The Labute approximate surface area is 192 Å². The molecule has 8 nitrogen and oxygen atoms in total. The number of anilines is 1. The summed E-state index contributed by atoms with van der Waals surface area (Å²) in [5.41, 5.74) is 3.02. The number of nitrogens with one attached hydrogen (secondary N) is 2. The molecule has 0 spiro atoms. The first kappa shape index (κ1) is 20.2. The molecule has 4 heterocycles. The summed E-state index contributed by atoms with van der Waals surface area (Å²) in [6.45, 7) is 0. The second-order valence-corrected chi connectivity index (χ2v) is 9.18. The second-order valence-electron chi connectivity index (χ2n) is 9.18. The van der Waals surface area contributed by atoms with Crippen molar-refractivity contribution in [3.8, 4) is 11.5 Å². The van der Waals surface area contributed by atoms with Gasteiger partial charge in [0.05, 0.1) is 0 Å². The summed E-state index contributed by atoms with van der Waals surface area (Å²) >= 11 is 0. The predicted octanol–water partition coefficient (Wildman–Crippen LogP) is 3.94. The third-order valence-corrected chi connectivity index (χ3v) is 6.56. The van der Waals surface area contributed by atoms with Crippen molar-refractivity contribution in [2.24, 2.45) is 0 Å². The van der Waals surface area contributed by atoms with Crippen LogP contribution >= 0.6 is 0 Å². The molecule has 1 amide bonds. The lowest BCUT2D eigenvalue weighted by molar-refractivity contribution is -0.117. The number of hydrogen-bond acceptors (Lipinski definition) is 6. The highest BCUT2D eigenvalue weighted by molar-refractivity contribution is 5.95. The Bertz CT molecular complexity index is 1180. The van der Waals surface area contributed by atoms with Crippen LogP contribution in [-0.2, 0) is 4.79 Å². The number of pyridine rings is 2. The standard InChI is InChI=1S/C25H27N7O/c33-25(30-23-7-3-6-21(29-23)24-31-27-15-32(24)18-11-12-18)22-5-2-1-4-20(28-22)17-10-13-19(26-14-17)16-8-9-16/h2-3,5-7,10,13-16,18,20,22,28H,1,4,8-9,11-12H2,(H,29,30,33). The molecule has 0 saturated heterocycles. The van der Waals surface area contributed by atoms with Crippen LogP contribution in [0.2, 0.25) is 0 Å². The highest BCUT2D eigenvalue weighted by Crippen LogP contribution is 2.39. The zero-order valence-electron chi connectivity index (χ0n) is 18.4. The average molecular weight is 442 g/mol. The summed E-state index contributed by atoms with van der Waals surface area (Å²) in [6, 6.07) is 9.97. The number of hydrogen-bond donors (Lipinski definition) is 2. The van der Waals surface area contributed by atoms with Crippen molar-refractivity contribution < 1.29 is 4.79 Å². The molecule has 33 heavy (non-hydrogen) atoms. The molecule has 2 fully saturated rings. The van der Waals surface area contributed by atoms with E-state index in [4.69, 9.17) is 0 Å². The van der Waals surface area contributed by atoms with Crippen molar-refractivity contribution in [1.29, 1.82) is 0 Å². The number of nitrogens with zero attached hydrogens (tertiary/aromatic N) is 5. The van der Waals surface area contributed by atoms with E-state index in [9.17, 15) is 4.79 Å². The van der Waals surface area contributed by atoms with E-state index in [2.05, 4.69) is 53.6 Å². The summed E-state index contributed by atoms with van der Waals surface area (Å²) in [6.07, 6.45) is 14.3. The van der Waals surface area contributed by atoms with E-state index in [1.807, 2.05) is 24.4 Å². The largest absolute Gasteiger partial charge is 0.309 e. The van der Waals surface area contributed by atoms with Gasteiger partial charge in [0.2, 0.25) is 5.91 Å². The van der Waals surface area contributed by atoms with Crippen molar-refractivity contribution in [2.75, 3.05) is 5.32 Å². The zero-order chi connectivity index (χ0) is 22.2. The van der Waals surface area contributed by atoms with Crippen LogP contribution in [-0.4, -0.2) is 36.7 Å². The number of aromatic nitrogens is 5. The maximum absolute atomic E-state index is 13.1. The quantitative estimate of drug-likeness (QED) is 0.563. The van der Waals surface area contributed by atoms with E-state index in [0.717, 1.165) is 37.1 Å². The summed E-state index contributed by atoms with van der Waals surface area (Å²) in [4.78, 5) is 22.4. The van der Waals surface area contributed by atoms with Crippen molar-refractivity contribution >= 4 is 11.7 Å². The number of carbonyl (C=O) groups is 1. The van der Waals surface area contributed by atoms with Crippen molar-refractivity contribution in [2.45, 2.75) is 62.6 Å². The van der Waals surface area contributed by atoms with E-state index in [-0.39, 0.29) is 11.9 Å². The molecule has 3 aromatic heterocycles. The lowest BCUT2D eigenvalue weighted by atomic mass is 10.0. The topological polar surface area (TPSA) is 97.6 Å². The van der Waals surface area contributed by atoms with Crippen LogP contribution in [0.15, 0.2) is 55.0 Å². The smallest absolute Gasteiger partial charge is 0.246 e. The van der Waals surface area contributed by atoms with Gasteiger partial charge >= 0.3 is 0 Å². The molecule has 3 aliphatic rings. The third-order valence-electron chi connectivity index (χ3n) is 6.56. The Kier molecular flexibility index (Phi) is 5.22. The summed E-state index contributed by atoms with van der Waals surface area (Å²) < 4.78 is 2.07. The van der Waals surface area contributed by atoms with Gasteiger partial charge in [0.25, 0.3) is 0 Å². The lowest BCUT2D eigenvalue weighted by Crippen LogP contribution is -2.40. The summed E-state index contributed by atoms with van der Waals surface area (Å²) in [5.74, 6) is 1.76. The van der Waals surface area contributed by atoms with Crippen molar-refractivity contribution in [3.63, 3.8) is 0 Å². The lowest BCUT2D eigenvalue weighted by Gasteiger charge is -2.21. The van der Waals surface area contributed by atoms with Gasteiger partial charge in [0, 0.05) is 29.9 Å². The minimum atomic E-state index is -0.443. The molecular formula is C25H27N7O. The van der Waals surface area contributed by atoms with Crippen LogP contribution in [0.1, 0.15) is 67.8 Å². The Balaban J connectivity index is 1.16. The summed E-state index contributed by atoms with van der Waals surface area (Å²) in [7, 11) is 0. The predicted molar refractivity (Wildman–Crippen MR) is 124 cm³/mol. The van der Waals surface area contributed by atoms with Crippen LogP contribution in [0, 0.1) is 0 Å². The molecule has 1 aliphatic heterocycles. The zero-order valence-corrected chi connectivity index (χ0v) is 18.4. The highest BCUT2D eigenvalue weighted by Gasteiger charge is 2.28. The van der Waals surface area contributed by atoms with E-state index in [1.165, 1.54) is 18.5 Å². The number of carbonyl (C=O) groups excluding carboxylic acids is 1. The molecule has 168 valence electrons. The number of rotatable bonds is 6. The van der Waals surface area contributed by atoms with Crippen molar-refractivity contribution in [1.82, 2.24) is 30.0 Å². The fourth-order valence-electron chi connectivity index (χ4n) is 4.40. The van der Waals surface area contributed by atoms with Crippen LogP contribution < -0.4 is 10.6 Å². The van der Waals surface area contributed by atoms with Gasteiger partial charge in [-0.05, 0) is 62.3 Å². The van der Waals surface area contributed by atoms with E-state index in [1.54, 1.807) is 12.4 Å². The molecule has 0 bridgehead atoms. The molecule has 2 aliphatic carbocycles. The first-order valence-electron chi connectivity index (χ1n) is 11.8. The molecule has 2 N–H and O–H groups in total. The van der Waals surface area contributed by atoms with Gasteiger partial charge in [0.1, 0.15) is 23.9 Å². The summed E-state index contributed by atoms with van der Waals surface area (Å²) in [5, 5.41) is 14.8. The van der Waals surface area contributed by atoms with Gasteiger partial charge < -0.3 is 9.88 Å². The fraction of sp³-hybridized carbons (Fsp3) is 0.400. The van der Waals surface area contributed by atoms with Gasteiger partial charge in [-0.15, -0.1) is 10.2 Å². The average Bonchev–Trinajstić information content (AvgIpc) is 3.76. The van der Waals surface area contributed by atoms with E-state index >= 15 is 0 Å². The van der Waals surface area contributed by atoms with Gasteiger partial charge in [0.15, 0.2) is 5.82 Å². The SMILES string of the molecule is O=C(Nc1cccc(-c2nncn2C2CC2)n1)C1C=CCCC(c2ccc(C3CC3)nc2)N1. The molecular weight excluding hydrogens is 414 g/mol. The molecule has 2 unspecified atom stereocenters. The Morgan fingerprint density at radius 2 is 2.00 bits per heavy atom. The van der Waals surface area contributed by atoms with Gasteiger partial charge in [-0.1, -0.05) is 24.3 Å². The van der Waals surface area contributed by atoms with Crippen LogP contribution in [0.5, 0.6) is 0 Å². The minimum Gasteiger partial charge on any atom is -0.309 e. The Morgan fingerprint density at radius 3 is 2.79 bits per heavy atom. The monoisotopic (exact) mass is 441 g/mol. The van der Waals surface area contributed by atoms with Crippen LogP contribution in [0.25, 0.3) is 11.5 Å². The second kappa shape index (κ2) is 8.51. The number of amides is 1. The van der Waals surface area contributed by atoms with Gasteiger partial charge in [-0.25, -0.2) is 4.98 Å². The first-order valence-corrected chi connectivity index (χ1v) is 11.8. The Hall–Kier alpha value is -3.39. The molecule has 2 atom stereocenters. The van der Waals surface area contributed by atoms with Crippen LogP contribution in [0.3, 0.4) is 0 Å². The maximum Gasteiger partial charge on any atom is 0.246 e. The molecule has 3 aromatic rings. The normalized spacial score (nSPS) is 22.7. The Morgan fingerprint density at radius 1 is 1.09 bits per heavy atom. The molecule has 0 radical (unpaired) electrons. The molecule has 6 rings (SSSR count).